The van der Waals surface area contributed by atoms with E-state index in [1.807, 2.05) is 0 Å². The number of aliphatic carboxylic acids is 1. The van der Waals surface area contributed by atoms with E-state index in [1.54, 1.807) is 20.8 Å². The summed E-state index contributed by atoms with van der Waals surface area (Å²) < 4.78 is 30.1. The number of nitrogens with zero attached hydrogens (tertiary/aromatic N) is 1. The number of carboxylic acids is 1. The Labute approximate surface area is 120 Å². The Bertz CT molecular complexity index is 291. The Morgan fingerprint density at radius 2 is 1.71 bits per heavy atom. The van der Waals surface area contributed by atoms with Gasteiger partial charge in [0.25, 0.3) is 0 Å². The second-order valence-corrected chi connectivity index (χ2v) is 4.33. The molecule has 5 nitrogen and oxygen atoms in total. The molecule has 0 heterocycles. The quantitative estimate of drug-likeness (QED) is 0.516. The number of amides is 1. The molecule has 0 N–H and O–H groups in total. The Morgan fingerprint density at radius 3 is 2.00 bits per heavy atom. The largest absolute Gasteiger partial charge is 1.00 e. The van der Waals surface area contributed by atoms with Gasteiger partial charge in [0.2, 0.25) is 0 Å². The Balaban J connectivity index is 0. The fourth-order valence-electron chi connectivity index (χ4n) is 0.767. The maximum Gasteiger partial charge on any atom is 1.00 e. The van der Waals surface area contributed by atoms with Crippen molar-refractivity contribution in [1.82, 2.24) is 4.90 Å². The molecule has 0 aromatic rings. The van der Waals surface area contributed by atoms with Crippen molar-refractivity contribution in [1.29, 1.82) is 0 Å². The number of hydrogen-bond acceptors (Lipinski definition) is 4. The molecule has 0 saturated carbocycles. The molecule has 8 heteroatoms. The van der Waals surface area contributed by atoms with Crippen molar-refractivity contribution in [2.24, 2.45) is 0 Å². The number of halogens is 2. The van der Waals surface area contributed by atoms with E-state index in [4.69, 9.17) is 4.74 Å². The monoisotopic (exact) mass is 261 g/mol. The van der Waals surface area contributed by atoms with Crippen LogP contribution in [0.4, 0.5) is 13.6 Å². The molecule has 0 fully saturated rings. The van der Waals surface area contributed by atoms with E-state index >= 15 is 0 Å². The van der Waals surface area contributed by atoms with Crippen molar-refractivity contribution in [2.45, 2.75) is 32.3 Å². The Hall–Kier alpha value is -0.400. The summed E-state index contributed by atoms with van der Waals surface area (Å²) >= 11 is 0. The minimum atomic E-state index is -4.09. The van der Waals surface area contributed by atoms with Crippen LogP contribution in [0.15, 0.2) is 0 Å². The average molecular weight is 261 g/mol. The van der Waals surface area contributed by atoms with Crippen LogP contribution in [0.25, 0.3) is 0 Å². The van der Waals surface area contributed by atoms with Crippen LogP contribution in [0.1, 0.15) is 20.8 Å². The molecule has 0 atom stereocenters. The zero-order valence-corrected chi connectivity index (χ0v) is 12.5. The molecule has 1 amide bonds. The van der Waals surface area contributed by atoms with Crippen LogP contribution in [0, 0.1) is 0 Å². The first-order chi connectivity index (χ1) is 6.96. The van der Waals surface area contributed by atoms with Crippen LogP contribution >= 0.6 is 0 Å². The van der Waals surface area contributed by atoms with E-state index in [1.165, 1.54) is 0 Å². The first-order valence-corrected chi connectivity index (χ1v) is 4.49. The maximum atomic E-state index is 12.7. The van der Waals surface area contributed by atoms with Crippen molar-refractivity contribution < 1.29 is 57.8 Å². The van der Waals surface area contributed by atoms with E-state index in [-0.39, 0.29) is 29.6 Å². The topological polar surface area (TPSA) is 69.7 Å². The van der Waals surface area contributed by atoms with Gasteiger partial charge in [-0.3, -0.25) is 0 Å². The zero-order valence-electron chi connectivity index (χ0n) is 10.5. The molecule has 0 bridgehead atoms. The fraction of sp³-hybridized carbons (Fsp3) is 0.778. The summed E-state index contributed by atoms with van der Waals surface area (Å²) in [5, 5.41) is 10.0. The van der Waals surface area contributed by atoms with Crippen LogP contribution in [0.5, 0.6) is 0 Å². The first-order valence-electron chi connectivity index (χ1n) is 4.49. The molecule has 0 rings (SSSR count). The molecule has 94 valence electrons. The standard InChI is InChI=1S/C9H15F2NO4.Na/c1-8(2,3)16-7(15)12(4)5-9(10,11)6(13)14;/h5H2,1-4H3,(H,13,14);/q;+1/p-1. The molecule has 0 unspecified atom stereocenters. The third-order valence-corrected chi connectivity index (χ3v) is 1.44. The molecule has 0 aliphatic rings. The molecule has 0 spiro atoms. The average Bonchev–Trinajstić information content (AvgIpc) is 1.99. The molecular formula is C9H14F2NNaO4. The smallest absolute Gasteiger partial charge is 0.544 e. The van der Waals surface area contributed by atoms with Crippen molar-refractivity contribution in [3.05, 3.63) is 0 Å². The van der Waals surface area contributed by atoms with Gasteiger partial charge in [-0.05, 0) is 20.8 Å². The van der Waals surface area contributed by atoms with Crippen LogP contribution in [0.3, 0.4) is 0 Å². The fourth-order valence-corrected chi connectivity index (χ4v) is 0.767. The number of carbonyl (C=O) groups is 2. The minimum absolute atomic E-state index is 0. The minimum Gasteiger partial charge on any atom is -0.544 e. The number of carboxylic acid groups (broad SMARTS) is 1. The van der Waals surface area contributed by atoms with Gasteiger partial charge in [0.1, 0.15) is 11.6 Å². The second-order valence-electron chi connectivity index (χ2n) is 4.33. The van der Waals surface area contributed by atoms with Gasteiger partial charge in [-0.25, -0.2) is 4.79 Å². The van der Waals surface area contributed by atoms with Crippen molar-refractivity contribution in [2.75, 3.05) is 13.6 Å². The summed E-state index contributed by atoms with van der Waals surface area (Å²) in [5.74, 6) is -6.62. The van der Waals surface area contributed by atoms with Gasteiger partial charge in [0, 0.05) is 7.05 Å². The van der Waals surface area contributed by atoms with Gasteiger partial charge >= 0.3 is 41.6 Å². The van der Waals surface area contributed by atoms with E-state index in [9.17, 15) is 23.5 Å². The van der Waals surface area contributed by atoms with Crippen LogP contribution in [-0.4, -0.2) is 42.1 Å². The van der Waals surface area contributed by atoms with Crippen molar-refractivity contribution in [3.63, 3.8) is 0 Å². The Kier molecular flexibility index (Phi) is 7.26. The molecule has 0 radical (unpaired) electrons. The molecule has 17 heavy (non-hydrogen) atoms. The number of ether oxygens (including phenoxy) is 1. The molecule has 0 saturated heterocycles. The van der Waals surface area contributed by atoms with Gasteiger partial charge in [-0.2, -0.15) is 8.78 Å². The van der Waals surface area contributed by atoms with Crippen molar-refractivity contribution in [3.8, 4) is 0 Å². The maximum absolute atomic E-state index is 12.7. The summed E-state index contributed by atoms with van der Waals surface area (Å²) in [6.45, 7) is 3.41. The van der Waals surface area contributed by atoms with E-state index in [2.05, 4.69) is 0 Å². The third-order valence-electron chi connectivity index (χ3n) is 1.44. The predicted octanol–water partition coefficient (Wildman–Crippen LogP) is -2.76. The first kappa shape index (κ1) is 19.0. The summed E-state index contributed by atoms with van der Waals surface area (Å²) in [6.07, 6.45) is -1.02. The SMILES string of the molecule is CN(CC(F)(F)C(=O)[O-])C(=O)OC(C)(C)C.[Na+]. The molecule has 0 aromatic heterocycles. The number of alkyl halides is 2. The molecular weight excluding hydrogens is 247 g/mol. The molecule has 0 aliphatic carbocycles. The van der Waals surface area contributed by atoms with E-state index in [0.29, 0.717) is 4.90 Å². The summed E-state index contributed by atoms with van der Waals surface area (Å²) in [6, 6.07) is 0. The molecule has 0 aliphatic heterocycles. The molecule has 0 aromatic carbocycles. The van der Waals surface area contributed by atoms with Crippen LogP contribution in [0.2, 0.25) is 0 Å². The van der Waals surface area contributed by atoms with Crippen molar-refractivity contribution >= 4 is 12.1 Å². The summed E-state index contributed by atoms with van der Waals surface area (Å²) in [5.41, 5.74) is -0.831. The zero-order chi connectivity index (χ0) is 13.1. The summed E-state index contributed by atoms with van der Waals surface area (Å²) in [7, 11) is 1.02. The normalized spacial score (nSPS) is 11.4. The number of hydrogen-bond donors (Lipinski definition) is 0. The predicted molar refractivity (Wildman–Crippen MR) is 48.8 cm³/mol. The van der Waals surface area contributed by atoms with E-state index in [0.717, 1.165) is 7.05 Å². The van der Waals surface area contributed by atoms with Gasteiger partial charge in [0.05, 0.1) is 6.54 Å². The van der Waals surface area contributed by atoms with Gasteiger partial charge < -0.3 is 19.5 Å². The van der Waals surface area contributed by atoms with Gasteiger partial charge in [-0.15, -0.1) is 0 Å². The van der Waals surface area contributed by atoms with Crippen LogP contribution < -0.4 is 34.7 Å². The number of carbonyl (C=O) groups excluding carboxylic acids is 2. The van der Waals surface area contributed by atoms with Gasteiger partial charge in [0.15, 0.2) is 0 Å². The Morgan fingerprint density at radius 1 is 1.29 bits per heavy atom. The number of rotatable bonds is 3. The summed E-state index contributed by atoms with van der Waals surface area (Å²) in [4.78, 5) is 21.7. The van der Waals surface area contributed by atoms with E-state index < -0.39 is 30.1 Å². The van der Waals surface area contributed by atoms with Gasteiger partial charge in [-0.1, -0.05) is 0 Å². The van der Waals surface area contributed by atoms with Crippen LogP contribution in [-0.2, 0) is 9.53 Å². The second kappa shape index (κ2) is 6.51. The third kappa shape index (κ3) is 7.51.